The number of carbonyl (C=O) groups is 5. The first-order valence-electron chi connectivity index (χ1n) is 9.23. The minimum Gasteiger partial charge on any atom is -0.481 e. The Hall–Kier alpha value is -2.25. The van der Waals surface area contributed by atoms with Gasteiger partial charge in [-0.2, -0.15) is 0 Å². The third-order valence-electron chi connectivity index (χ3n) is 3.62. The Labute approximate surface area is 182 Å². The first-order chi connectivity index (χ1) is 14.2. The van der Waals surface area contributed by atoms with Crippen LogP contribution in [0.3, 0.4) is 0 Å². The molecule has 0 saturated heterocycles. The molecule has 0 saturated carbocycles. The molecular weight excluding hydrogens is 470 g/mol. The summed E-state index contributed by atoms with van der Waals surface area (Å²) in [6, 6.07) is -2.35. The van der Waals surface area contributed by atoms with E-state index in [1.807, 2.05) is 0 Å². The number of hydrogen-bond donors (Lipinski definition) is 5. The number of halogens is 1. The number of nitrogens with one attached hydrogen (secondary N) is 3. The average molecular weight is 498 g/mol. The minimum atomic E-state index is -1.23. The molecule has 12 nitrogen and oxygen atoms in total. The highest BCUT2D eigenvalue weighted by Crippen LogP contribution is 2.01. The highest BCUT2D eigenvalue weighted by molar-refractivity contribution is 9.09. The number of ether oxygens (including phenoxy) is 2. The number of amides is 3. The van der Waals surface area contributed by atoms with Gasteiger partial charge in [0.2, 0.25) is 17.7 Å². The summed E-state index contributed by atoms with van der Waals surface area (Å²) in [5.41, 5.74) is 0. The maximum atomic E-state index is 12.2. The van der Waals surface area contributed by atoms with E-state index in [-0.39, 0.29) is 50.3 Å². The second-order valence-electron chi connectivity index (χ2n) is 6.01. The predicted octanol–water partition coefficient (Wildman–Crippen LogP) is -1.14. The summed E-state index contributed by atoms with van der Waals surface area (Å²) in [5, 5.41) is 25.2. The standard InChI is InChI=1S/C17H28BrN3O9/c1-2-11(17(27)28)21-16(26)12(3-4-15(24)25)20-14(23)10-30-8-7-29-6-5-19-13(22)9-18/h11-12H,2-10H2,1H3,(H,19,22)(H,20,23)(H,21,26)(H,24,25)(H,27,28)/t11?,12-/m0/s1. The topological polar surface area (TPSA) is 180 Å². The van der Waals surface area contributed by atoms with Crippen molar-refractivity contribution in [2.45, 2.75) is 38.3 Å². The fourth-order valence-corrected chi connectivity index (χ4v) is 2.28. The Bertz CT molecular complexity index is 589. The van der Waals surface area contributed by atoms with Gasteiger partial charge in [-0.25, -0.2) is 4.79 Å². The van der Waals surface area contributed by atoms with Crippen molar-refractivity contribution in [2.75, 3.05) is 38.3 Å². The van der Waals surface area contributed by atoms with E-state index < -0.39 is 42.4 Å². The molecule has 172 valence electrons. The van der Waals surface area contributed by atoms with E-state index in [2.05, 4.69) is 31.9 Å². The number of carbonyl (C=O) groups excluding carboxylic acids is 3. The SMILES string of the molecule is CCC(NC(=O)[C@H](CCC(=O)O)NC(=O)COCCOCCNC(=O)CBr)C(=O)O. The maximum Gasteiger partial charge on any atom is 0.326 e. The van der Waals surface area contributed by atoms with Crippen molar-refractivity contribution in [1.82, 2.24) is 16.0 Å². The van der Waals surface area contributed by atoms with Gasteiger partial charge >= 0.3 is 11.9 Å². The van der Waals surface area contributed by atoms with Crippen LogP contribution in [0.25, 0.3) is 0 Å². The second kappa shape index (κ2) is 16.5. The molecule has 0 aliphatic carbocycles. The van der Waals surface area contributed by atoms with Gasteiger partial charge in [0, 0.05) is 13.0 Å². The summed E-state index contributed by atoms with van der Waals surface area (Å²) >= 11 is 3.00. The van der Waals surface area contributed by atoms with Gasteiger partial charge in [0.15, 0.2) is 0 Å². The molecule has 0 spiro atoms. The highest BCUT2D eigenvalue weighted by Gasteiger charge is 2.26. The van der Waals surface area contributed by atoms with Crippen LogP contribution >= 0.6 is 15.9 Å². The number of carboxylic acid groups (broad SMARTS) is 2. The normalized spacial score (nSPS) is 12.5. The van der Waals surface area contributed by atoms with Crippen LogP contribution in [0.4, 0.5) is 0 Å². The lowest BCUT2D eigenvalue weighted by Gasteiger charge is -2.20. The Kier molecular flexibility index (Phi) is 15.3. The Balaban J connectivity index is 4.31. The van der Waals surface area contributed by atoms with Crippen LogP contribution in [0.15, 0.2) is 0 Å². The molecule has 0 aromatic heterocycles. The molecule has 30 heavy (non-hydrogen) atoms. The Morgan fingerprint density at radius 1 is 0.933 bits per heavy atom. The summed E-state index contributed by atoms with van der Waals surface area (Å²) in [6.07, 6.45) is -0.460. The Morgan fingerprint density at radius 3 is 2.17 bits per heavy atom. The summed E-state index contributed by atoms with van der Waals surface area (Å²) in [6.45, 7) is 2.04. The zero-order chi connectivity index (χ0) is 22.9. The van der Waals surface area contributed by atoms with Crippen molar-refractivity contribution < 1.29 is 43.7 Å². The average Bonchev–Trinajstić information content (AvgIpc) is 2.70. The van der Waals surface area contributed by atoms with E-state index in [1.165, 1.54) is 0 Å². The third-order valence-corrected chi connectivity index (χ3v) is 4.13. The van der Waals surface area contributed by atoms with E-state index in [0.29, 0.717) is 6.54 Å². The monoisotopic (exact) mass is 497 g/mol. The predicted molar refractivity (Wildman–Crippen MR) is 107 cm³/mol. The van der Waals surface area contributed by atoms with E-state index in [4.69, 9.17) is 19.7 Å². The van der Waals surface area contributed by atoms with Crippen LogP contribution in [0.2, 0.25) is 0 Å². The van der Waals surface area contributed by atoms with Gasteiger partial charge in [-0.1, -0.05) is 22.9 Å². The lowest BCUT2D eigenvalue weighted by atomic mass is 10.1. The molecular formula is C17H28BrN3O9. The molecule has 13 heteroatoms. The van der Waals surface area contributed by atoms with Crippen LogP contribution < -0.4 is 16.0 Å². The second-order valence-corrected chi connectivity index (χ2v) is 6.57. The van der Waals surface area contributed by atoms with Crippen LogP contribution in [0, 0.1) is 0 Å². The molecule has 0 rings (SSSR count). The lowest BCUT2D eigenvalue weighted by Crippen LogP contribution is -2.52. The molecule has 0 aromatic carbocycles. The zero-order valence-corrected chi connectivity index (χ0v) is 18.2. The third kappa shape index (κ3) is 13.8. The fraction of sp³-hybridized carbons (Fsp3) is 0.706. The lowest BCUT2D eigenvalue weighted by molar-refractivity contribution is -0.143. The number of carboxylic acids is 2. The van der Waals surface area contributed by atoms with E-state index in [1.54, 1.807) is 6.92 Å². The van der Waals surface area contributed by atoms with E-state index in [9.17, 15) is 24.0 Å². The Morgan fingerprint density at radius 2 is 1.60 bits per heavy atom. The number of hydrogen-bond acceptors (Lipinski definition) is 7. The van der Waals surface area contributed by atoms with Gasteiger partial charge in [-0.05, 0) is 12.8 Å². The largest absolute Gasteiger partial charge is 0.481 e. The number of aliphatic carboxylic acids is 2. The van der Waals surface area contributed by atoms with Crippen LogP contribution in [-0.2, 0) is 33.4 Å². The summed E-state index contributed by atoms with van der Waals surface area (Å²) in [4.78, 5) is 57.0. The smallest absolute Gasteiger partial charge is 0.326 e. The molecule has 5 N–H and O–H groups in total. The van der Waals surface area contributed by atoms with Crippen molar-refractivity contribution in [3.05, 3.63) is 0 Å². The molecule has 0 radical (unpaired) electrons. The van der Waals surface area contributed by atoms with Gasteiger partial charge in [0.1, 0.15) is 18.7 Å². The molecule has 0 heterocycles. The van der Waals surface area contributed by atoms with Gasteiger partial charge in [-0.15, -0.1) is 0 Å². The van der Waals surface area contributed by atoms with Gasteiger partial charge in [0.25, 0.3) is 0 Å². The van der Waals surface area contributed by atoms with Gasteiger partial charge in [0.05, 0.1) is 25.2 Å². The number of alkyl halides is 1. The van der Waals surface area contributed by atoms with Crippen molar-refractivity contribution in [3.63, 3.8) is 0 Å². The van der Waals surface area contributed by atoms with Crippen molar-refractivity contribution in [2.24, 2.45) is 0 Å². The van der Waals surface area contributed by atoms with Crippen LogP contribution in [0.1, 0.15) is 26.2 Å². The molecule has 0 bridgehead atoms. The van der Waals surface area contributed by atoms with E-state index >= 15 is 0 Å². The molecule has 3 amide bonds. The van der Waals surface area contributed by atoms with Crippen LogP contribution in [-0.4, -0.2) is 90.3 Å². The van der Waals surface area contributed by atoms with Crippen molar-refractivity contribution in [3.8, 4) is 0 Å². The molecule has 2 atom stereocenters. The zero-order valence-electron chi connectivity index (χ0n) is 16.6. The summed E-state index contributed by atoms with van der Waals surface area (Å²) < 4.78 is 10.3. The molecule has 0 fully saturated rings. The number of rotatable bonds is 17. The quantitative estimate of drug-likeness (QED) is 0.122. The maximum absolute atomic E-state index is 12.2. The first-order valence-corrected chi connectivity index (χ1v) is 10.4. The van der Waals surface area contributed by atoms with E-state index in [0.717, 1.165) is 0 Å². The van der Waals surface area contributed by atoms with Crippen molar-refractivity contribution in [1.29, 1.82) is 0 Å². The highest BCUT2D eigenvalue weighted by atomic mass is 79.9. The first kappa shape index (κ1) is 27.8. The molecule has 0 aromatic rings. The van der Waals surface area contributed by atoms with Gasteiger partial charge in [-0.3, -0.25) is 19.2 Å². The summed E-state index contributed by atoms with van der Waals surface area (Å²) in [5.74, 6) is -4.00. The molecule has 0 aliphatic heterocycles. The molecule has 1 unspecified atom stereocenters. The van der Waals surface area contributed by atoms with Gasteiger partial charge < -0.3 is 35.6 Å². The minimum absolute atomic E-state index is 0.0860. The summed E-state index contributed by atoms with van der Waals surface area (Å²) in [7, 11) is 0. The molecule has 0 aliphatic rings. The van der Waals surface area contributed by atoms with Crippen molar-refractivity contribution >= 4 is 45.6 Å². The van der Waals surface area contributed by atoms with Crippen LogP contribution in [0.5, 0.6) is 0 Å². The fourth-order valence-electron chi connectivity index (χ4n) is 2.08.